The third-order valence-electron chi connectivity index (χ3n) is 3.93. The number of hydrogen-bond donors (Lipinski definition) is 1. The molecule has 18 heavy (non-hydrogen) atoms. The molecule has 0 aromatic heterocycles. The van der Waals surface area contributed by atoms with Gasteiger partial charge in [0.1, 0.15) is 0 Å². The van der Waals surface area contributed by atoms with Gasteiger partial charge in [0.2, 0.25) is 0 Å². The van der Waals surface area contributed by atoms with E-state index in [2.05, 4.69) is 61.6 Å². The summed E-state index contributed by atoms with van der Waals surface area (Å²) in [6.45, 7) is 5.59. The SMILES string of the molecule is CC(C)NCC1CC1c1cccc2ccccc12. The molecule has 1 N–H and O–H groups in total. The van der Waals surface area contributed by atoms with Gasteiger partial charge in [-0.05, 0) is 41.1 Å². The van der Waals surface area contributed by atoms with Crippen LogP contribution in [0.5, 0.6) is 0 Å². The molecule has 0 spiro atoms. The van der Waals surface area contributed by atoms with E-state index < -0.39 is 0 Å². The molecule has 0 saturated heterocycles. The first-order valence-electron chi connectivity index (χ1n) is 6.97. The predicted molar refractivity (Wildman–Crippen MR) is 77.9 cm³/mol. The van der Waals surface area contributed by atoms with Gasteiger partial charge >= 0.3 is 0 Å². The summed E-state index contributed by atoms with van der Waals surface area (Å²) in [6, 6.07) is 16.1. The molecule has 1 saturated carbocycles. The molecule has 1 nitrogen and oxygen atoms in total. The topological polar surface area (TPSA) is 12.0 Å². The summed E-state index contributed by atoms with van der Waals surface area (Å²) in [7, 11) is 0. The second-order valence-electron chi connectivity index (χ2n) is 5.73. The summed E-state index contributed by atoms with van der Waals surface area (Å²) in [5.41, 5.74) is 1.55. The molecular weight excluding hydrogens is 218 g/mol. The van der Waals surface area contributed by atoms with Gasteiger partial charge in [0.25, 0.3) is 0 Å². The largest absolute Gasteiger partial charge is 0.314 e. The Labute approximate surface area is 109 Å². The molecule has 2 aromatic carbocycles. The van der Waals surface area contributed by atoms with E-state index >= 15 is 0 Å². The van der Waals surface area contributed by atoms with Gasteiger partial charge in [-0.1, -0.05) is 56.3 Å². The highest BCUT2D eigenvalue weighted by molar-refractivity contribution is 5.86. The zero-order chi connectivity index (χ0) is 12.5. The van der Waals surface area contributed by atoms with Crippen molar-refractivity contribution in [3.8, 4) is 0 Å². The molecule has 0 radical (unpaired) electrons. The molecule has 94 valence electrons. The third kappa shape index (κ3) is 2.28. The standard InChI is InChI=1S/C17H21N/c1-12(2)18-11-14-10-17(14)16-9-5-7-13-6-3-4-8-15(13)16/h3-9,12,14,17-18H,10-11H2,1-2H3. The molecule has 1 aliphatic rings. The molecule has 2 unspecified atom stereocenters. The monoisotopic (exact) mass is 239 g/mol. The van der Waals surface area contributed by atoms with Crippen LogP contribution in [-0.4, -0.2) is 12.6 Å². The first-order valence-corrected chi connectivity index (χ1v) is 6.97. The van der Waals surface area contributed by atoms with Gasteiger partial charge in [-0.15, -0.1) is 0 Å². The van der Waals surface area contributed by atoms with Crippen LogP contribution in [0.15, 0.2) is 42.5 Å². The highest BCUT2D eigenvalue weighted by Gasteiger charge is 2.38. The summed E-state index contributed by atoms with van der Waals surface area (Å²) in [5, 5.41) is 6.37. The molecule has 1 heteroatoms. The summed E-state index contributed by atoms with van der Waals surface area (Å²) < 4.78 is 0. The zero-order valence-electron chi connectivity index (χ0n) is 11.2. The van der Waals surface area contributed by atoms with Crippen molar-refractivity contribution >= 4 is 10.8 Å². The van der Waals surface area contributed by atoms with Gasteiger partial charge in [-0.3, -0.25) is 0 Å². The van der Waals surface area contributed by atoms with Crippen LogP contribution in [0.1, 0.15) is 31.7 Å². The number of nitrogens with one attached hydrogen (secondary N) is 1. The normalized spacial score (nSPS) is 22.6. The maximum atomic E-state index is 3.56. The highest BCUT2D eigenvalue weighted by Crippen LogP contribution is 2.48. The fraction of sp³-hybridized carbons (Fsp3) is 0.412. The number of hydrogen-bond acceptors (Lipinski definition) is 1. The van der Waals surface area contributed by atoms with Crippen LogP contribution in [0.2, 0.25) is 0 Å². The molecule has 1 fully saturated rings. The molecule has 0 amide bonds. The van der Waals surface area contributed by atoms with Crippen LogP contribution in [-0.2, 0) is 0 Å². The lowest BCUT2D eigenvalue weighted by atomic mass is 10.0. The molecule has 2 aromatic rings. The number of fused-ring (bicyclic) bond motifs is 1. The van der Waals surface area contributed by atoms with Crippen LogP contribution in [0, 0.1) is 5.92 Å². The Hall–Kier alpha value is -1.34. The smallest absolute Gasteiger partial charge is 0.00104 e. The van der Waals surface area contributed by atoms with Crippen molar-refractivity contribution in [2.75, 3.05) is 6.54 Å². The Morgan fingerprint density at radius 1 is 1.11 bits per heavy atom. The summed E-state index contributed by atoms with van der Waals surface area (Å²) in [6.07, 6.45) is 1.34. The Bertz CT molecular complexity index is 539. The van der Waals surface area contributed by atoms with E-state index in [0.29, 0.717) is 6.04 Å². The second-order valence-corrected chi connectivity index (χ2v) is 5.73. The average molecular weight is 239 g/mol. The van der Waals surface area contributed by atoms with Crippen LogP contribution >= 0.6 is 0 Å². The van der Waals surface area contributed by atoms with Crippen molar-refractivity contribution in [1.29, 1.82) is 0 Å². The molecule has 3 rings (SSSR count). The third-order valence-corrected chi connectivity index (χ3v) is 3.93. The van der Waals surface area contributed by atoms with Crippen molar-refractivity contribution in [3.63, 3.8) is 0 Å². The van der Waals surface area contributed by atoms with Crippen molar-refractivity contribution < 1.29 is 0 Å². The second kappa shape index (κ2) is 4.74. The van der Waals surface area contributed by atoms with E-state index in [1.54, 1.807) is 5.56 Å². The maximum absolute atomic E-state index is 3.56. The van der Waals surface area contributed by atoms with E-state index in [4.69, 9.17) is 0 Å². The minimum atomic E-state index is 0.596. The highest BCUT2D eigenvalue weighted by atomic mass is 14.9. The molecule has 1 aliphatic carbocycles. The lowest BCUT2D eigenvalue weighted by molar-refractivity contribution is 0.555. The van der Waals surface area contributed by atoms with Crippen LogP contribution < -0.4 is 5.32 Å². The van der Waals surface area contributed by atoms with Crippen LogP contribution in [0.3, 0.4) is 0 Å². The van der Waals surface area contributed by atoms with Crippen molar-refractivity contribution in [3.05, 3.63) is 48.0 Å². The van der Waals surface area contributed by atoms with Gasteiger partial charge < -0.3 is 5.32 Å². The van der Waals surface area contributed by atoms with Crippen LogP contribution in [0.25, 0.3) is 10.8 Å². The van der Waals surface area contributed by atoms with Crippen molar-refractivity contribution in [1.82, 2.24) is 5.32 Å². The van der Waals surface area contributed by atoms with E-state index in [0.717, 1.165) is 18.4 Å². The first kappa shape index (κ1) is 11.7. The van der Waals surface area contributed by atoms with E-state index in [-0.39, 0.29) is 0 Å². The Balaban J connectivity index is 1.80. The molecule has 0 bridgehead atoms. The van der Waals surface area contributed by atoms with E-state index in [1.807, 2.05) is 0 Å². The molecule has 0 aliphatic heterocycles. The maximum Gasteiger partial charge on any atom is 0.00104 e. The summed E-state index contributed by atoms with van der Waals surface area (Å²) in [5.74, 6) is 1.60. The average Bonchev–Trinajstić information content (AvgIpc) is 3.15. The van der Waals surface area contributed by atoms with Gasteiger partial charge in [0.05, 0.1) is 0 Å². The first-order chi connectivity index (χ1) is 8.75. The number of rotatable bonds is 4. The van der Waals surface area contributed by atoms with Gasteiger partial charge in [-0.25, -0.2) is 0 Å². The van der Waals surface area contributed by atoms with Gasteiger partial charge in [0.15, 0.2) is 0 Å². The minimum Gasteiger partial charge on any atom is -0.314 e. The fourth-order valence-electron chi connectivity index (χ4n) is 2.81. The van der Waals surface area contributed by atoms with E-state index in [1.165, 1.54) is 17.2 Å². The van der Waals surface area contributed by atoms with Crippen molar-refractivity contribution in [2.45, 2.75) is 32.2 Å². The summed E-state index contributed by atoms with van der Waals surface area (Å²) in [4.78, 5) is 0. The Morgan fingerprint density at radius 3 is 2.72 bits per heavy atom. The minimum absolute atomic E-state index is 0.596. The molecule has 2 atom stereocenters. The molecule has 0 heterocycles. The van der Waals surface area contributed by atoms with E-state index in [9.17, 15) is 0 Å². The van der Waals surface area contributed by atoms with Crippen molar-refractivity contribution in [2.24, 2.45) is 5.92 Å². The number of benzene rings is 2. The molecular formula is C17H21N. The summed E-state index contributed by atoms with van der Waals surface area (Å²) >= 11 is 0. The van der Waals surface area contributed by atoms with Gasteiger partial charge in [-0.2, -0.15) is 0 Å². The Kier molecular flexibility index (Phi) is 3.09. The lowest BCUT2D eigenvalue weighted by Crippen LogP contribution is -2.25. The van der Waals surface area contributed by atoms with Crippen LogP contribution in [0.4, 0.5) is 0 Å². The quantitative estimate of drug-likeness (QED) is 0.852. The predicted octanol–water partition coefficient (Wildman–Crippen LogP) is 3.94. The van der Waals surface area contributed by atoms with Gasteiger partial charge in [0, 0.05) is 6.04 Å². The zero-order valence-corrected chi connectivity index (χ0v) is 11.2. The Morgan fingerprint density at radius 2 is 1.89 bits per heavy atom. The lowest BCUT2D eigenvalue weighted by Gasteiger charge is -2.09. The fourth-order valence-corrected chi connectivity index (χ4v) is 2.81.